The van der Waals surface area contributed by atoms with Gasteiger partial charge in [0, 0.05) is 29.6 Å². The minimum atomic E-state index is 0.540. The molecule has 3 nitrogen and oxygen atoms in total. The van der Waals surface area contributed by atoms with Crippen molar-refractivity contribution in [1.82, 2.24) is 15.6 Å². The van der Waals surface area contributed by atoms with Crippen LogP contribution >= 0.6 is 11.3 Å². The number of hydrogen-bond donors (Lipinski definition) is 2. The first-order valence-corrected chi connectivity index (χ1v) is 6.94. The summed E-state index contributed by atoms with van der Waals surface area (Å²) in [5, 5.41) is 8.07. The normalized spacial score (nSPS) is 22.5. The number of rotatable bonds is 5. The Balaban J connectivity index is 1.86. The lowest BCUT2D eigenvalue weighted by Crippen LogP contribution is -2.23. The van der Waals surface area contributed by atoms with E-state index in [1.54, 1.807) is 0 Å². The summed E-state index contributed by atoms with van der Waals surface area (Å²) in [7, 11) is 2.01. The van der Waals surface area contributed by atoms with Gasteiger partial charge in [-0.1, -0.05) is 0 Å². The molecule has 1 fully saturated rings. The van der Waals surface area contributed by atoms with Gasteiger partial charge in [0.25, 0.3) is 0 Å². The van der Waals surface area contributed by atoms with Crippen molar-refractivity contribution >= 4 is 11.3 Å². The van der Waals surface area contributed by atoms with Crippen LogP contribution in [0.4, 0.5) is 0 Å². The largest absolute Gasteiger partial charge is 0.317 e. The van der Waals surface area contributed by atoms with Crippen LogP contribution in [0.15, 0.2) is 6.20 Å². The van der Waals surface area contributed by atoms with Crippen LogP contribution in [0.5, 0.6) is 0 Å². The van der Waals surface area contributed by atoms with Crippen LogP contribution in [0, 0.1) is 0 Å². The van der Waals surface area contributed by atoms with E-state index in [0.29, 0.717) is 12.1 Å². The Hall–Kier alpha value is -0.450. The number of hydrogen-bond acceptors (Lipinski definition) is 4. The van der Waals surface area contributed by atoms with Crippen molar-refractivity contribution < 1.29 is 0 Å². The maximum absolute atomic E-state index is 4.52. The van der Waals surface area contributed by atoms with Gasteiger partial charge in [-0.25, -0.2) is 4.98 Å². The van der Waals surface area contributed by atoms with Crippen LogP contribution in [0.1, 0.15) is 29.7 Å². The maximum atomic E-state index is 4.52. The van der Waals surface area contributed by atoms with E-state index < -0.39 is 0 Å². The van der Waals surface area contributed by atoms with Gasteiger partial charge in [0.1, 0.15) is 0 Å². The lowest BCUT2D eigenvalue weighted by atomic mass is 10.2. The third-order valence-electron chi connectivity index (χ3n) is 3.19. The molecule has 1 aromatic rings. The van der Waals surface area contributed by atoms with Crippen molar-refractivity contribution in [2.45, 2.75) is 44.7 Å². The first-order valence-electron chi connectivity index (χ1n) is 6.12. The summed E-state index contributed by atoms with van der Waals surface area (Å²) in [6.45, 7) is 3.39. The average molecular weight is 239 g/mol. The fourth-order valence-corrected chi connectivity index (χ4v) is 3.21. The van der Waals surface area contributed by atoms with Crippen LogP contribution in [-0.2, 0) is 12.8 Å². The Morgan fingerprint density at radius 1 is 1.69 bits per heavy atom. The molecule has 1 aliphatic heterocycles. The van der Waals surface area contributed by atoms with Gasteiger partial charge in [-0.15, -0.1) is 11.3 Å². The predicted molar refractivity (Wildman–Crippen MR) is 69.1 cm³/mol. The summed E-state index contributed by atoms with van der Waals surface area (Å²) in [6.07, 6.45) is 6.87. The van der Waals surface area contributed by atoms with E-state index in [0.717, 1.165) is 12.8 Å². The van der Waals surface area contributed by atoms with Crippen LogP contribution in [-0.4, -0.2) is 30.7 Å². The quantitative estimate of drug-likeness (QED) is 0.819. The fourth-order valence-electron chi connectivity index (χ4n) is 2.08. The second-order valence-electron chi connectivity index (χ2n) is 4.61. The lowest BCUT2D eigenvalue weighted by molar-refractivity contribution is 0.601. The summed E-state index contributed by atoms with van der Waals surface area (Å²) >= 11 is 1.87. The Bertz CT molecular complexity index is 318. The Kier molecular flexibility index (Phi) is 4.32. The second-order valence-corrected chi connectivity index (χ2v) is 5.81. The van der Waals surface area contributed by atoms with Crippen LogP contribution in [0.2, 0.25) is 0 Å². The van der Waals surface area contributed by atoms with Gasteiger partial charge in [-0.05, 0) is 39.8 Å². The van der Waals surface area contributed by atoms with Gasteiger partial charge in [0.2, 0.25) is 0 Å². The molecule has 0 aromatic carbocycles. The number of nitrogens with one attached hydrogen (secondary N) is 2. The SMILES string of the molecule is CNC(C)Cc1cnc(CC2CCCN2)s1. The lowest BCUT2D eigenvalue weighted by Gasteiger charge is -2.07. The molecule has 0 bridgehead atoms. The van der Waals surface area contributed by atoms with Crippen LogP contribution in [0.3, 0.4) is 0 Å². The summed E-state index contributed by atoms with van der Waals surface area (Å²) in [5.74, 6) is 0. The topological polar surface area (TPSA) is 37.0 Å². The third kappa shape index (κ3) is 3.27. The van der Waals surface area contributed by atoms with E-state index in [-0.39, 0.29) is 0 Å². The molecule has 2 unspecified atom stereocenters. The van der Waals surface area contributed by atoms with Crippen LogP contribution < -0.4 is 10.6 Å². The van der Waals surface area contributed by atoms with Gasteiger partial charge in [-0.2, -0.15) is 0 Å². The highest BCUT2D eigenvalue weighted by atomic mass is 32.1. The van der Waals surface area contributed by atoms with Gasteiger partial charge in [0.05, 0.1) is 5.01 Å². The molecule has 1 aromatic heterocycles. The summed E-state index contributed by atoms with van der Waals surface area (Å²) < 4.78 is 0. The molecule has 0 aliphatic carbocycles. The van der Waals surface area contributed by atoms with Crippen molar-refractivity contribution in [3.05, 3.63) is 16.1 Å². The van der Waals surface area contributed by atoms with Crippen molar-refractivity contribution in [1.29, 1.82) is 0 Å². The third-order valence-corrected chi connectivity index (χ3v) is 4.23. The Morgan fingerprint density at radius 3 is 3.25 bits per heavy atom. The molecule has 0 amide bonds. The predicted octanol–water partition coefficient (Wildman–Crippen LogP) is 1.59. The van der Waals surface area contributed by atoms with E-state index in [9.17, 15) is 0 Å². The molecule has 0 spiro atoms. The zero-order chi connectivity index (χ0) is 11.4. The van der Waals surface area contributed by atoms with E-state index in [4.69, 9.17) is 0 Å². The van der Waals surface area contributed by atoms with Crippen molar-refractivity contribution in [2.24, 2.45) is 0 Å². The summed E-state index contributed by atoms with van der Waals surface area (Å²) in [6, 6.07) is 1.21. The molecule has 2 atom stereocenters. The van der Waals surface area contributed by atoms with Gasteiger partial charge < -0.3 is 10.6 Å². The molecule has 2 N–H and O–H groups in total. The van der Waals surface area contributed by atoms with E-state index in [1.165, 1.54) is 29.3 Å². The molecular weight excluding hydrogens is 218 g/mol. The minimum absolute atomic E-state index is 0.540. The Morgan fingerprint density at radius 2 is 2.56 bits per heavy atom. The van der Waals surface area contributed by atoms with Crippen molar-refractivity contribution in [3.8, 4) is 0 Å². The molecule has 90 valence electrons. The Labute approximate surface area is 102 Å². The second kappa shape index (κ2) is 5.75. The van der Waals surface area contributed by atoms with E-state index in [1.807, 2.05) is 24.6 Å². The summed E-state index contributed by atoms with van der Waals surface area (Å²) in [4.78, 5) is 5.92. The van der Waals surface area contributed by atoms with Crippen molar-refractivity contribution in [3.63, 3.8) is 0 Å². The zero-order valence-corrected chi connectivity index (χ0v) is 10.9. The summed E-state index contributed by atoms with van der Waals surface area (Å²) in [5.41, 5.74) is 0. The molecule has 0 saturated carbocycles. The monoisotopic (exact) mass is 239 g/mol. The molecule has 2 heterocycles. The number of thiazole rings is 1. The van der Waals surface area contributed by atoms with E-state index in [2.05, 4.69) is 22.5 Å². The average Bonchev–Trinajstić information content (AvgIpc) is 2.91. The molecule has 4 heteroatoms. The molecule has 1 aliphatic rings. The maximum Gasteiger partial charge on any atom is 0.0943 e. The van der Waals surface area contributed by atoms with Gasteiger partial charge in [-0.3, -0.25) is 0 Å². The highest BCUT2D eigenvalue weighted by Crippen LogP contribution is 2.18. The number of aromatic nitrogens is 1. The first kappa shape index (κ1) is 12.0. The molecule has 0 radical (unpaired) electrons. The van der Waals surface area contributed by atoms with Crippen LogP contribution in [0.25, 0.3) is 0 Å². The first-order chi connectivity index (χ1) is 7.78. The van der Waals surface area contributed by atoms with Crippen molar-refractivity contribution in [2.75, 3.05) is 13.6 Å². The minimum Gasteiger partial charge on any atom is -0.317 e. The smallest absolute Gasteiger partial charge is 0.0943 e. The highest BCUT2D eigenvalue weighted by Gasteiger charge is 2.16. The van der Waals surface area contributed by atoms with Gasteiger partial charge >= 0.3 is 0 Å². The van der Waals surface area contributed by atoms with E-state index >= 15 is 0 Å². The number of likely N-dealkylation sites (N-methyl/N-ethyl adjacent to an activating group) is 1. The molecule has 16 heavy (non-hydrogen) atoms. The molecule has 2 rings (SSSR count). The number of nitrogens with zero attached hydrogens (tertiary/aromatic N) is 1. The molecule has 1 saturated heterocycles. The molecular formula is C12H21N3S. The fraction of sp³-hybridized carbons (Fsp3) is 0.750. The highest BCUT2D eigenvalue weighted by molar-refractivity contribution is 7.11. The van der Waals surface area contributed by atoms with Gasteiger partial charge in [0.15, 0.2) is 0 Å². The standard InChI is InChI=1S/C12H21N3S/c1-9(13-2)6-11-8-15-12(16-11)7-10-4-3-5-14-10/h8-10,13-14H,3-7H2,1-2H3. The zero-order valence-electron chi connectivity index (χ0n) is 10.1.